The lowest BCUT2D eigenvalue weighted by atomic mass is 9.95. The van der Waals surface area contributed by atoms with Crippen LogP contribution in [0.5, 0.6) is 0 Å². The van der Waals surface area contributed by atoms with Crippen molar-refractivity contribution in [3.05, 3.63) is 107 Å². The van der Waals surface area contributed by atoms with Gasteiger partial charge in [0.25, 0.3) is 0 Å². The molecule has 1 nitrogen and oxygen atoms in total. The molecule has 0 fully saturated rings. The zero-order valence-electron chi connectivity index (χ0n) is 13.6. The number of aryl methyl sites for hydroxylation is 1. The Hall–Kier alpha value is -2.38. The third kappa shape index (κ3) is 4.30. The maximum atomic E-state index is 3.74. The number of rotatable bonds is 6. The van der Waals surface area contributed by atoms with Crippen LogP contribution in [0.15, 0.2) is 84.9 Å². The maximum Gasteiger partial charge on any atom is 0.0366 e. The summed E-state index contributed by atoms with van der Waals surface area (Å²) in [6, 6.07) is 30.3. The van der Waals surface area contributed by atoms with Crippen LogP contribution in [0.4, 0.5) is 0 Å². The second-order valence-corrected chi connectivity index (χ2v) is 5.97. The van der Waals surface area contributed by atoms with Gasteiger partial charge in [-0.2, -0.15) is 0 Å². The molecule has 23 heavy (non-hydrogen) atoms. The average molecular weight is 301 g/mol. The van der Waals surface area contributed by atoms with Crippen LogP contribution in [0.1, 0.15) is 28.3 Å². The molecule has 0 bridgehead atoms. The van der Waals surface area contributed by atoms with Crippen molar-refractivity contribution in [2.45, 2.75) is 25.9 Å². The predicted molar refractivity (Wildman–Crippen MR) is 97.3 cm³/mol. The minimum atomic E-state index is 0.318. The first-order chi connectivity index (χ1) is 11.3. The molecule has 0 aromatic heterocycles. The van der Waals surface area contributed by atoms with Gasteiger partial charge in [0.1, 0.15) is 0 Å². The zero-order valence-corrected chi connectivity index (χ0v) is 13.6. The molecule has 116 valence electrons. The van der Waals surface area contributed by atoms with E-state index in [4.69, 9.17) is 0 Å². The molecular formula is C22H23N. The Balaban J connectivity index is 1.80. The molecule has 0 amide bonds. The minimum Gasteiger partial charge on any atom is -0.306 e. The molecule has 0 aliphatic rings. The summed E-state index contributed by atoms with van der Waals surface area (Å²) in [5.41, 5.74) is 5.40. The van der Waals surface area contributed by atoms with Gasteiger partial charge in [0.05, 0.1) is 0 Å². The van der Waals surface area contributed by atoms with Crippen LogP contribution in [-0.4, -0.2) is 0 Å². The summed E-state index contributed by atoms with van der Waals surface area (Å²) >= 11 is 0. The highest BCUT2D eigenvalue weighted by Gasteiger charge is 2.13. The molecule has 1 N–H and O–H groups in total. The molecule has 0 radical (unpaired) electrons. The first-order valence-electron chi connectivity index (χ1n) is 8.19. The molecular weight excluding hydrogens is 278 g/mol. The van der Waals surface area contributed by atoms with E-state index >= 15 is 0 Å². The van der Waals surface area contributed by atoms with Crippen molar-refractivity contribution in [2.75, 3.05) is 0 Å². The van der Waals surface area contributed by atoms with Crippen LogP contribution in [0.3, 0.4) is 0 Å². The molecule has 1 heteroatoms. The Bertz CT molecular complexity index is 719. The summed E-state index contributed by atoms with van der Waals surface area (Å²) < 4.78 is 0. The van der Waals surface area contributed by atoms with E-state index in [0.717, 1.165) is 13.0 Å². The van der Waals surface area contributed by atoms with Crippen molar-refractivity contribution in [1.29, 1.82) is 0 Å². The van der Waals surface area contributed by atoms with Gasteiger partial charge in [-0.05, 0) is 35.6 Å². The quantitative estimate of drug-likeness (QED) is 0.670. The molecule has 3 rings (SSSR count). The van der Waals surface area contributed by atoms with Crippen molar-refractivity contribution in [3.8, 4) is 0 Å². The van der Waals surface area contributed by atoms with Crippen LogP contribution >= 0.6 is 0 Å². The lowest BCUT2D eigenvalue weighted by Crippen LogP contribution is -2.23. The van der Waals surface area contributed by atoms with E-state index in [0.29, 0.717) is 6.04 Å². The molecule has 0 heterocycles. The van der Waals surface area contributed by atoms with Crippen LogP contribution in [0.25, 0.3) is 0 Å². The first kappa shape index (κ1) is 15.5. The standard InChI is InChI=1S/C22H23N/c1-18-10-8-9-15-21(18)22(16-19-11-4-2-5-12-19)23-17-20-13-6-3-7-14-20/h2-15,22-23H,16-17H2,1H3. The van der Waals surface area contributed by atoms with Gasteiger partial charge < -0.3 is 5.32 Å². The lowest BCUT2D eigenvalue weighted by Gasteiger charge is -2.21. The molecule has 0 aliphatic heterocycles. The molecule has 1 atom stereocenters. The number of nitrogens with one attached hydrogen (secondary N) is 1. The summed E-state index contributed by atoms with van der Waals surface area (Å²) in [6.07, 6.45) is 0.999. The fourth-order valence-corrected chi connectivity index (χ4v) is 2.96. The van der Waals surface area contributed by atoms with Gasteiger partial charge in [-0.15, -0.1) is 0 Å². The Kier molecular flexibility index (Phi) is 5.23. The number of benzene rings is 3. The van der Waals surface area contributed by atoms with Crippen molar-refractivity contribution in [1.82, 2.24) is 5.32 Å². The van der Waals surface area contributed by atoms with Crippen molar-refractivity contribution in [3.63, 3.8) is 0 Å². The van der Waals surface area contributed by atoms with E-state index < -0.39 is 0 Å². The first-order valence-corrected chi connectivity index (χ1v) is 8.19. The van der Waals surface area contributed by atoms with E-state index in [2.05, 4.69) is 97.2 Å². The van der Waals surface area contributed by atoms with E-state index in [1.54, 1.807) is 0 Å². The van der Waals surface area contributed by atoms with E-state index in [-0.39, 0.29) is 0 Å². The smallest absolute Gasteiger partial charge is 0.0366 e. The van der Waals surface area contributed by atoms with Crippen LogP contribution < -0.4 is 5.32 Å². The Labute approximate surface area is 139 Å². The monoisotopic (exact) mass is 301 g/mol. The second-order valence-electron chi connectivity index (χ2n) is 5.97. The molecule has 0 saturated heterocycles. The van der Waals surface area contributed by atoms with E-state index in [9.17, 15) is 0 Å². The van der Waals surface area contributed by atoms with Crippen molar-refractivity contribution < 1.29 is 0 Å². The van der Waals surface area contributed by atoms with Crippen molar-refractivity contribution >= 4 is 0 Å². The van der Waals surface area contributed by atoms with Gasteiger partial charge >= 0.3 is 0 Å². The fourth-order valence-electron chi connectivity index (χ4n) is 2.96. The van der Waals surface area contributed by atoms with Gasteiger partial charge in [0.15, 0.2) is 0 Å². The van der Waals surface area contributed by atoms with E-state index in [1.807, 2.05) is 0 Å². The zero-order chi connectivity index (χ0) is 15.9. The average Bonchev–Trinajstić information content (AvgIpc) is 2.61. The fraction of sp³-hybridized carbons (Fsp3) is 0.182. The Morgan fingerprint density at radius 3 is 1.91 bits per heavy atom. The van der Waals surface area contributed by atoms with E-state index in [1.165, 1.54) is 22.3 Å². The summed E-state index contributed by atoms with van der Waals surface area (Å²) in [5.74, 6) is 0. The summed E-state index contributed by atoms with van der Waals surface area (Å²) in [5, 5.41) is 3.74. The largest absolute Gasteiger partial charge is 0.306 e. The van der Waals surface area contributed by atoms with Gasteiger partial charge in [-0.1, -0.05) is 84.9 Å². The summed E-state index contributed by atoms with van der Waals surface area (Å²) in [6.45, 7) is 3.07. The van der Waals surface area contributed by atoms with Gasteiger partial charge in [0, 0.05) is 12.6 Å². The third-order valence-corrected chi connectivity index (χ3v) is 4.24. The highest BCUT2D eigenvalue weighted by molar-refractivity contribution is 5.31. The molecule has 3 aromatic carbocycles. The topological polar surface area (TPSA) is 12.0 Å². The minimum absolute atomic E-state index is 0.318. The molecule has 1 unspecified atom stereocenters. The van der Waals surface area contributed by atoms with Gasteiger partial charge in [-0.25, -0.2) is 0 Å². The SMILES string of the molecule is Cc1ccccc1C(Cc1ccccc1)NCc1ccccc1. The third-order valence-electron chi connectivity index (χ3n) is 4.24. The highest BCUT2D eigenvalue weighted by atomic mass is 14.9. The summed E-state index contributed by atoms with van der Waals surface area (Å²) in [7, 11) is 0. The van der Waals surface area contributed by atoms with Gasteiger partial charge in [-0.3, -0.25) is 0 Å². The van der Waals surface area contributed by atoms with Crippen molar-refractivity contribution in [2.24, 2.45) is 0 Å². The maximum absolute atomic E-state index is 3.74. The molecule has 0 spiro atoms. The molecule has 3 aromatic rings. The normalized spacial score (nSPS) is 12.0. The molecule has 0 saturated carbocycles. The Morgan fingerprint density at radius 2 is 1.26 bits per heavy atom. The van der Waals surface area contributed by atoms with Crippen LogP contribution in [0.2, 0.25) is 0 Å². The number of hydrogen-bond donors (Lipinski definition) is 1. The predicted octanol–water partition coefficient (Wildman–Crippen LogP) is 5.07. The van der Waals surface area contributed by atoms with Gasteiger partial charge in [0.2, 0.25) is 0 Å². The summed E-state index contributed by atoms with van der Waals surface area (Å²) in [4.78, 5) is 0. The molecule has 0 aliphatic carbocycles. The van der Waals surface area contributed by atoms with Crippen LogP contribution in [0, 0.1) is 6.92 Å². The van der Waals surface area contributed by atoms with Crippen LogP contribution in [-0.2, 0) is 13.0 Å². The second kappa shape index (κ2) is 7.75. The highest BCUT2D eigenvalue weighted by Crippen LogP contribution is 2.22. The Morgan fingerprint density at radius 1 is 0.696 bits per heavy atom. The number of hydrogen-bond acceptors (Lipinski definition) is 1. The lowest BCUT2D eigenvalue weighted by molar-refractivity contribution is 0.528.